The topological polar surface area (TPSA) is 100 Å². The van der Waals surface area contributed by atoms with Crippen molar-refractivity contribution in [3.05, 3.63) is 24.0 Å². The van der Waals surface area contributed by atoms with Crippen molar-refractivity contribution < 1.29 is 28.5 Å². The van der Waals surface area contributed by atoms with Gasteiger partial charge in [0.05, 0.1) is 24.9 Å². The summed E-state index contributed by atoms with van der Waals surface area (Å²) in [7, 11) is 0.783. The zero-order valence-corrected chi connectivity index (χ0v) is 16.2. The molecule has 1 aromatic rings. The normalized spacial score (nSPS) is 21.9. The second-order valence-corrected chi connectivity index (χ2v) is 7.32. The predicted molar refractivity (Wildman–Crippen MR) is 101 cm³/mol. The lowest BCUT2D eigenvalue weighted by molar-refractivity contribution is -0.137. The van der Waals surface area contributed by atoms with E-state index in [0.717, 1.165) is 0 Å². The Morgan fingerprint density at radius 2 is 2.14 bits per heavy atom. The number of carbonyl (C=O) groups is 2. The number of likely N-dealkylation sites (N-methyl/N-ethyl adjacent to an activating group) is 1. The minimum absolute atomic E-state index is 0.223. The van der Waals surface area contributed by atoms with Gasteiger partial charge in [-0.2, -0.15) is 0 Å². The molecule has 152 valence electrons. The summed E-state index contributed by atoms with van der Waals surface area (Å²) in [5, 5.41) is 15.2. The van der Waals surface area contributed by atoms with Crippen LogP contribution in [-0.2, 0) is 14.3 Å². The van der Waals surface area contributed by atoms with Crippen LogP contribution in [0, 0.1) is 5.82 Å². The second-order valence-electron chi connectivity index (χ2n) is 7.32. The number of rotatable bonds is 4. The molecule has 2 heterocycles. The van der Waals surface area contributed by atoms with Gasteiger partial charge in [0.25, 0.3) is 5.91 Å². The van der Waals surface area contributed by atoms with E-state index in [2.05, 4.69) is 10.6 Å². The number of carbonyl (C=O) groups excluding carboxylic acids is 2. The quantitative estimate of drug-likeness (QED) is 0.649. The minimum atomic E-state index is -1.06. The average Bonchev–Trinajstić information content (AvgIpc) is 2.76. The number of nitrogens with zero attached hydrogens (tertiary/aromatic N) is 1. The Morgan fingerprint density at radius 3 is 2.79 bits per heavy atom. The van der Waals surface area contributed by atoms with Crippen LogP contribution in [0.25, 0.3) is 0 Å². The molecule has 28 heavy (non-hydrogen) atoms. The summed E-state index contributed by atoms with van der Waals surface area (Å²) < 4.78 is 25.3. The van der Waals surface area contributed by atoms with Crippen LogP contribution in [0.2, 0.25) is 6.82 Å². The van der Waals surface area contributed by atoms with Gasteiger partial charge in [0.1, 0.15) is 23.2 Å². The van der Waals surface area contributed by atoms with Crippen LogP contribution in [0.4, 0.5) is 10.1 Å². The minimum Gasteiger partial charge on any atom is -0.482 e. The van der Waals surface area contributed by atoms with Gasteiger partial charge in [0.15, 0.2) is 0 Å². The summed E-state index contributed by atoms with van der Waals surface area (Å²) >= 11 is 0. The number of amides is 2. The molecular formula is C18H25BFN3O5. The van der Waals surface area contributed by atoms with E-state index in [0.29, 0.717) is 31.7 Å². The molecule has 2 amide bonds. The Bertz CT molecular complexity index is 757. The molecule has 1 fully saturated rings. The maximum atomic E-state index is 13.7. The lowest BCUT2D eigenvalue weighted by Gasteiger charge is -2.41. The number of anilines is 1. The monoisotopic (exact) mass is 393 g/mol. The molecule has 0 unspecified atom stereocenters. The molecule has 10 heteroatoms. The standard InChI is InChI=1S/C18H25BFN3O5/c1-11(23(3)19(2)26)16(24)22-15-17(25)21-13-5-4-12(20)10-14(13)28-18(15)6-8-27-9-7-18/h4-5,10-11,15,26H,6-9H2,1-3H3,(H,21,25)(H,22,24)/t11-,15-/m0/s1. The molecule has 2 aliphatic heterocycles. The fourth-order valence-corrected chi connectivity index (χ4v) is 3.48. The van der Waals surface area contributed by atoms with E-state index in [9.17, 15) is 19.0 Å². The molecule has 0 radical (unpaired) electrons. The highest BCUT2D eigenvalue weighted by atomic mass is 19.1. The maximum absolute atomic E-state index is 13.7. The molecule has 2 atom stereocenters. The first-order chi connectivity index (χ1) is 13.2. The fourth-order valence-electron chi connectivity index (χ4n) is 3.48. The Hall–Kier alpha value is -2.17. The van der Waals surface area contributed by atoms with E-state index >= 15 is 0 Å². The van der Waals surface area contributed by atoms with Crippen molar-refractivity contribution in [2.75, 3.05) is 25.6 Å². The highest BCUT2D eigenvalue weighted by Gasteiger charge is 2.50. The molecule has 1 saturated heterocycles. The lowest BCUT2D eigenvalue weighted by Crippen LogP contribution is -2.64. The van der Waals surface area contributed by atoms with Crippen molar-refractivity contribution in [3.8, 4) is 5.75 Å². The van der Waals surface area contributed by atoms with E-state index in [1.165, 1.54) is 23.0 Å². The largest absolute Gasteiger partial charge is 0.482 e. The van der Waals surface area contributed by atoms with Crippen molar-refractivity contribution in [1.82, 2.24) is 10.1 Å². The van der Waals surface area contributed by atoms with Crippen LogP contribution in [0.15, 0.2) is 18.2 Å². The van der Waals surface area contributed by atoms with Crippen molar-refractivity contribution in [2.24, 2.45) is 0 Å². The number of ether oxygens (including phenoxy) is 2. The summed E-state index contributed by atoms with van der Waals surface area (Å²) in [4.78, 5) is 27.2. The van der Waals surface area contributed by atoms with Crippen LogP contribution in [0.3, 0.4) is 0 Å². The van der Waals surface area contributed by atoms with Gasteiger partial charge in [-0.1, -0.05) is 0 Å². The lowest BCUT2D eigenvalue weighted by atomic mass is 9.83. The Balaban J connectivity index is 1.92. The number of hydrogen-bond acceptors (Lipinski definition) is 6. The Morgan fingerprint density at radius 1 is 1.46 bits per heavy atom. The van der Waals surface area contributed by atoms with Crippen molar-refractivity contribution in [1.29, 1.82) is 0 Å². The van der Waals surface area contributed by atoms with Crippen LogP contribution in [0.1, 0.15) is 19.8 Å². The van der Waals surface area contributed by atoms with Crippen molar-refractivity contribution in [2.45, 2.75) is 44.3 Å². The van der Waals surface area contributed by atoms with Gasteiger partial charge in [-0.15, -0.1) is 0 Å². The Labute approximate surface area is 163 Å². The molecule has 1 spiro atoms. The van der Waals surface area contributed by atoms with Gasteiger partial charge in [0.2, 0.25) is 5.91 Å². The highest BCUT2D eigenvalue weighted by molar-refractivity contribution is 6.45. The van der Waals surface area contributed by atoms with Crippen LogP contribution >= 0.6 is 0 Å². The molecule has 0 aromatic heterocycles. The highest BCUT2D eigenvalue weighted by Crippen LogP contribution is 2.38. The first-order valence-corrected chi connectivity index (χ1v) is 9.31. The summed E-state index contributed by atoms with van der Waals surface area (Å²) in [6.07, 6.45) is 0.726. The van der Waals surface area contributed by atoms with Crippen LogP contribution < -0.4 is 15.4 Å². The number of nitrogens with one attached hydrogen (secondary N) is 2. The number of hydrogen-bond donors (Lipinski definition) is 3. The first-order valence-electron chi connectivity index (χ1n) is 9.31. The van der Waals surface area contributed by atoms with Crippen molar-refractivity contribution >= 4 is 24.6 Å². The molecule has 8 nitrogen and oxygen atoms in total. The molecule has 1 aromatic carbocycles. The van der Waals surface area contributed by atoms with E-state index in [4.69, 9.17) is 9.47 Å². The third-order valence-electron chi connectivity index (χ3n) is 5.51. The molecule has 0 bridgehead atoms. The zero-order chi connectivity index (χ0) is 20.5. The number of halogens is 1. The van der Waals surface area contributed by atoms with E-state index < -0.39 is 42.4 Å². The van der Waals surface area contributed by atoms with Gasteiger partial charge in [-0.3, -0.25) is 9.59 Å². The van der Waals surface area contributed by atoms with Gasteiger partial charge in [-0.05, 0) is 32.9 Å². The molecule has 3 N–H and O–H groups in total. The van der Waals surface area contributed by atoms with Crippen LogP contribution in [0.5, 0.6) is 5.75 Å². The zero-order valence-electron chi connectivity index (χ0n) is 16.2. The second kappa shape index (κ2) is 8.06. The van der Waals surface area contributed by atoms with E-state index in [-0.39, 0.29) is 5.75 Å². The van der Waals surface area contributed by atoms with Gasteiger partial charge < -0.3 is 29.9 Å². The van der Waals surface area contributed by atoms with Crippen molar-refractivity contribution in [3.63, 3.8) is 0 Å². The molecule has 2 aliphatic rings. The van der Waals surface area contributed by atoms with Gasteiger partial charge in [0, 0.05) is 18.9 Å². The molecular weight excluding hydrogens is 368 g/mol. The Kier molecular flexibility index (Phi) is 5.92. The molecule has 3 rings (SSSR count). The summed E-state index contributed by atoms with van der Waals surface area (Å²) in [5.41, 5.74) is -0.705. The smallest absolute Gasteiger partial charge is 0.376 e. The van der Waals surface area contributed by atoms with E-state index in [1.807, 2.05) is 0 Å². The number of fused-ring (bicyclic) bond motifs is 1. The first kappa shape index (κ1) is 20.6. The SMILES string of the molecule is CB(O)N(C)[C@@H](C)C(=O)N[C@H]1C(=O)Nc2ccc(F)cc2OC12CCOCC2. The van der Waals surface area contributed by atoms with Gasteiger partial charge in [-0.25, -0.2) is 4.39 Å². The predicted octanol–water partition coefficient (Wildman–Crippen LogP) is 0.621. The summed E-state index contributed by atoms with van der Waals surface area (Å²) in [6.45, 7) is 3.90. The summed E-state index contributed by atoms with van der Waals surface area (Å²) in [6, 6.07) is 2.22. The van der Waals surface area contributed by atoms with E-state index in [1.54, 1.807) is 20.8 Å². The third kappa shape index (κ3) is 3.99. The summed E-state index contributed by atoms with van der Waals surface area (Å²) in [5.74, 6) is -1.12. The average molecular weight is 393 g/mol. The fraction of sp³-hybridized carbons (Fsp3) is 0.556. The van der Waals surface area contributed by atoms with Gasteiger partial charge >= 0.3 is 7.05 Å². The third-order valence-corrected chi connectivity index (χ3v) is 5.51. The molecule has 0 saturated carbocycles. The van der Waals surface area contributed by atoms with Crippen LogP contribution in [-0.4, -0.2) is 66.6 Å². The number of benzene rings is 1. The maximum Gasteiger partial charge on any atom is 0.376 e. The molecule has 0 aliphatic carbocycles.